The van der Waals surface area contributed by atoms with Crippen LogP contribution in [0.5, 0.6) is 0 Å². The quantitative estimate of drug-likeness (QED) is 0.792. The van der Waals surface area contributed by atoms with Crippen molar-refractivity contribution in [3.8, 4) is 0 Å². The van der Waals surface area contributed by atoms with Crippen molar-refractivity contribution in [1.29, 1.82) is 0 Å². The molecule has 3 heterocycles. The summed E-state index contributed by atoms with van der Waals surface area (Å²) in [6, 6.07) is 6.07. The van der Waals surface area contributed by atoms with Crippen molar-refractivity contribution in [2.75, 3.05) is 38.6 Å². The van der Waals surface area contributed by atoms with E-state index in [0.717, 1.165) is 18.0 Å². The van der Waals surface area contributed by atoms with E-state index in [9.17, 15) is 18.0 Å². The number of anilines is 1. The number of amides is 1. The molecule has 1 fully saturated rings. The smallest absolute Gasteiger partial charge is 0.417 e. The monoisotopic (exact) mass is 410 g/mol. The lowest BCUT2D eigenvalue weighted by atomic mass is 9.95. The average molecular weight is 410 g/mol. The maximum absolute atomic E-state index is 12.7. The highest BCUT2D eigenvalue weighted by atomic mass is 19.4. The second-order valence-electron chi connectivity index (χ2n) is 7.40. The molecule has 0 saturated carbocycles. The Labute approximate surface area is 167 Å². The van der Waals surface area contributed by atoms with Crippen molar-refractivity contribution in [3.63, 3.8) is 0 Å². The third-order valence-corrected chi connectivity index (χ3v) is 5.23. The molecule has 0 radical (unpaired) electrons. The number of piperidine rings is 1. The molecule has 0 aromatic carbocycles. The van der Waals surface area contributed by atoms with Crippen LogP contribution in [-0.2, 0) is 11.0 Å². The molecule has 1 unspecified atom stereocenters. The van der Waals surface area contributed by atoms with Gasteiger partial charge in [0.15, 0.2) is 0 Å². The van der Waals surface area contributed by atoms with Crippen LogP contribution in [0.25, 0.3) is 0 Å². The number of hydrogen-bond donors (Lipinski definition) is 1. The Hall–Kier alpha value is -2.55. The highest BCUT2D eigenvalue weighted by molar-refractivity contribution is 5.79. The molecule has 6 nitrogen and oxygen atoms in total. The van der Waals surface area contributed by atoms with Crippen molar-refractivity contribution in [3.05, 3.63) is 48.0 Å². The molecule has 1 amide bonds. The molecular weight excluding hydrogens is 385 g/mol. The number of pyridine rings is 1. The molecule has 29 heavy (non-hydrogen) atoms. The van der Waals surface area contributed by atoms with Gasteiger partial charge < -0.3 is 14.6 Å². The van der Waals surface area contributed by atoms with Crippen LogP contribution in [0.1, 0.15) is 30.2 Å². The molecular formula is C20H25F3N4O2. The van der Waals surface area contributed by atoms with Crippen LogP contribution >= 0.6 is 0 Å². The van der Waals surface area contributed by atoms with Gasteiger partial charge in [-0.05, 0) is 51.2 Å². The topological polar surface area (TPSA) is 61.6 Å². The first-order valence-electron chi connectivity index (χ1n) is 9.51. The van der Waals surface area contributed by atoms with Gasteiger partial charge in [0, 0.05) is 31.7 Å². The van der Waals surface area contributed by atoms with E-state index in [1.165, 1.54) is 6.07 Å². The van der Waals surface area contributed by atoms with Crippen LogP contribution in [-0.4, -0.2) is 49.5 Å². The molecule has 1 aliphatic rings. The van der Waals surface area contributed by atoms with Gasteiger partial charge in [-0.25, -0.2) is 4.98 Å². The fraction of sp³-hybridized carbons (Fsp3) is 0.500. The highest BCUT2D eigenvalue weighted by Crippen LogP contribution is 2.30. The van der Waals surface area contributed by atoms with E-state index in [1.807, 2.05) is 36.0 Å². The zero-order valence-corrected chi connectivity index (χ0v) is 16.4. The Bertz CT molecular complexity index is 783. The van der Waals surface area contributed by atoms with Crippen LogP contribution in [0.3, 0.4) is 0 Å². The fourth-order valence-electron chi connectivity index (χ4n) is 3.47. The standard InChI is InChI=1S/C20H25F3N4O2/c1-26(2)16(17-4-3-11-29-17)13-25-19(28)14-7-9-27(10-8-14)18-6-5-15(12-24-18)20(21,22)23/h3-6,11-12,14,16H,7-10,13H2,1-2H3,(H,25,28). The highest BCUT2D eigenvalue weighted by Gasteiger charge is 2.31. The van der Waals surface area contributed by atoms with E-state index in [-0.39, 0.29) is 17.9 Å². The number of likely N-dealkylation sites (N-methyl/N-ethyl adjacent to an activating group) is 1. The van der Waals surface area contributed by atoms with Crippen molar-refractivity contribution >= 4 is 11.7 Å². The molecule has 2 aromatic heterocycles. The summed E-state index contributed by atoms with van der Waals surface area (Å²) in [6.45, 7) is 1.59. The Kier molecular flexibility index (Phi) is 6.46. The lowest BCUT2D eigenvalue weighted by molar-refractivity contribution is -0.137. The number of halogens is 3. The Morgan fingerprint density at radius 3 is 2.55 bits per heavy atom. The van der Waals surface area contributed by atoms with Gasteiger partial charge in [0.1, 0.15) is 11.6 Å². The summed E-state index contributed by atoms with van der Waals surface area (Å²) in [4.78, 5) is 20.4. The number of carbonyl (C=O) groups is 1. The Morgan fingerprint density at radius 2 is 2.03 bits per heavy atom. The number of hydrogen-bond acceptors (Lipinski definition) is 5. The van der Waals surface area contributed by atoms with Crippen LogP contribution in [0.4, 0.5) is 19.0 Å². The second kappa shape index (κ2) is 8.86. The van der Waals surface area contributed by atoms with E-state index < -0.39 is 11.7 Å². The van der Waals surface area contributed by atoms with Gasteiger partial charge in [0.05, 0.1) is 17.9 Å². The zero-order valence-electron chi connectivity index (χ0n) is 16.4. The molecule has 2 aromatic rings. The number of nitrogens with zero attached hydrogens (tertiary/aromatic N) is 3. The maximum atomic E-state index is 12.7. The van der Waals surface area contributed by atoms with Gasteiger partial charge in [0.2, 0.25) is 5.91 Å². The van der Waals surface area contributed by atoms with Crippen molar-refractivity contribution in [1.82, 2.24) is 15.2 Å². The van der Waals surface area contributed by atoms with Crippen LogP contribution in [0.15, 0.2) is 41.1 Å². The molecule has 158 valence electrons. The van der Waals surface area contributed by atoms with Crippen molar-refractivity contribution in [2.45, 2.75) is 25.1 Å². The summed E-state index contributed by atoms with van der Waals surface area (Å²) in [5.41, 5.74) is -0.762. The summed E-state index contributed by atoms with van der Waals surface area (Å²) >= 11 is 0. The molecule has 1 aliphatic heterocycles. The van der Waals surface area contributed by atoms with Gasteiger partial charge in [0.25, 0.3) is 0 Å². The first-order chi connectivity index (χ1) is 13.8. The lowest BCUT2D eigenvalue weighted by Gasteiger charge is -2.32. The van der Waals surface area contributed by atoms with Gasteiger partial charge in [-0.15, -0.1) is 0 Å². The first-order valence-corrected chi connectivity index (χ1v) is 9.51. The lowest BCUT2D eigenvalue weighted by Crippen LogP contribution is -2.43. The summed E-state index contributed by atoms with van der Waals surface area (Å²) in [5, 5.41) is 3.00. The molecule has 1 N–H and O–H groups in total. The SMILES string of the molecule is CN(C)C(CNC(=O)C1CCN(c2ccc(C(F)(F)F)cn2)CC1)c1ccco1. The third kappa shape index (κ3) is 5.29. The van der Waals surface area contributed by atoms with E-state index in [4.69, 9.17) is 4.42 Å². The number of furan rings is 1. The Balaban J connectivity index is 1.50. The van der Waals surface area contributed by atoms with Crippen molar-refractivity contribution < 1.29 is 22.4 Å². The zero-order chi connectivity index (χ0) is 21.0. The predicted octanol–water partition coefficient (Wildman–Crippen LogP) is 3.33. The van der Waals surface area contributed by atoms with Gasteiger partial charge >= 0.3 is 6.18 Å². The molecule has 3 rings (SSSR count). The third-order valence-electron chi connectivity index (χ3n) is 5.23. The predicted molar refractivity (Wildman–Crippen MR) is 102 cm³/mol. The minimum Gasteiger partial charge on any atom is -0.468 e. The van der Waals surface area contributed by atoms with E-state index in [0.29, 0.717) is 38.3 Å². The number of carbonyl (C=O) groups excluding carboxylic acids is 1. The summed E-state index contributed by atoms with van der Waals surface area (Å²) in [5.74, 6) is 1.16. The molecule has 1 atom stereocenters. The minimum atomic E-state index is -4.39. The van der Waals surface area contributed by atoms with E-state index in [2.05, 4.69) is 10.3 Å². The minimum absolute atomic E-state index is 0.0107. The molecule has 1 saturated heterocycles. The normalized spacial score (nSPS) is 16.8. The number of aromatic nitrogens is 1. The number of rotatable bonds is 6. The van der Waals surface area contributed by atoms with E-state index >= 15 is 0 Å². The van der Waals surface area contributed by atoms with Gasteiger partial charge in [-0.2, -0.15) is 13.2 Å². The molecule has 0 bridgehead atoms. The first kappa shape index (κ1) is 21.2. The van der Waals surface area contributed by atoms with E-state index in [1.54, 1.807) is 6.26 Å². The summed E-state index contributed by atoms with van der Waals surface area (Å²) in [6.07, 6.45) is -0.677. The largest absolute Gasteiger partial charge is 0.468 e. The van der Waals surface area contributed by atoms with Crippen molar-refractivity contribution in [2.24, 2.45) is 5.92 Å². The second-order valence-corrected chi connectivity index (χ2v) is 7.40. The molecule has 0 aliphatic carbocycles. The fourth-order valence-corrected chi connectivity index (χ4v) is 3.47. The van der Waals surface area contributed by atoms with Crippen LogP contribution in [0.2, 0.25) is 0 Å². The number of nitrogens with one attached hydrogen (secondary N) is 1. The summed E-state index contributed by atoms with van der Waals surface area (Å²) < 4.78 is 43.4. The van der Waals surface area contributed by atoms with Gasteiger partial charge in [-0.3, -0.25) is 9.69 Å². The Morgan fingerprint density at radius 1 is 1.31 bits per heavy atom. The molecule has 9 heteroatoms. The maximum Gasteiger partial charge on any atom is 0.417 e. The van der Waals surface area contributed by atoms with Crippen LogP contribution in [0, 0.1) is 5.92 Å². The summed E-state index contributed by atoms with van der Waals surface area (Å²) in [7, 11) is 3.85. The average Bonchev–Trinajstić information content (AvgIpc) is 3.22. The van der Waals surface area contributed by atoms with Crippen LogP contribution < -0.4 is 10.2 Å². The van der Waals surface area contributed by atoms with Gasteiger partial charge in [-0.1, -0.05) is 0 Å². The molecule has 0 spiro atoms. The number of alkyl halides is 3.